The number of amides is 1. The lowest BCUT2D eigenvalue weighted by atomic mass is 10.1. The molecule has 0 spiro atoms. The van der Waals surface area contributed by atoms with E-state index in [1.807, 2.05) is 69.3 Å². The van der Waals surface area contributed by atoms with Gasteiger partial charge in [0.15, 0.2) is 6.10 Å². The normalized spacial score (nSPS) is 11.9. The maximum atomic E-state index is 12.5. The van der Waals surface area contributed by atoms with Crippen molar-refractivity contribution in [2.45, 2.75) is 40.3 Å². The fourth-order valence-electron chi connectivity index (χ4n) is 2.70. The lowest BCUT2D eigenvalue weighted by Crippen LogP contribution is -2.36. The van der Waals surface area contributed by atoms with Crippen LogP contribution >= 0.6 is 11.3 Å². The van der Waals surface area contributed by atoms with Crippen molar-refractivity contribution < 1.29 is 9.53 Å². The number of benzene rings is 2. The van der Waals surface area contributed by atoms with Crippen molar-refractivity contribution in [1.82, 2.24) is 10.3 Å². The van der Waals surface area contributed by atoms with E-state index >= 15 is 0 Å². The Hall–Kier alpha value is -2.66. The number of aromatic nitrogens is 1. The van der Waals surface area contributed by atoms with E-state index in [2.05, 4.69) is 10.3 Å². The van der Waals surface area contributed by atoms with Crippen molar-refractivity contribution in [3.8, 4) is 16.3 Å². The van der Waals surface area contributed by atoms with Gasteiger partial charge in [-0.3, -0.25) is 4.79 Å². The third-order valence-electron chi connectivity index (χ3n) is 4.56. The number of ether oxygens (including phenoxy) is 1. The summed E-state index contributed by atoms with van der Waals surface area (Å²) >= 11 is 1.61. The molecule has 1 amide bonds. The first-order chi connectivity index (χ1) is 13.0. The summed E-state index contributed by atoms with van der Waals surface area (Å²) < 4.78 is 5.86. The number of thiazole rings is 1. The third kappa shape index (κ3) is 4.55. The predicted molar refractivity (Wildman–Crippen MR) is 110 cm³/mol. The minimum Gasteiger partial charge on any atom is -0.481 e. The number of hydrogen-bond donors (Lipinski definition) is 1. The van der Waals surface area contributed by atoms with Crippen molar-refractivity contribution in [2.75, 3.05) is 0 Å². The number of carbonyl (C=O) groups is 1. The van der Waals surface area contributed by atoms with Crippen molar-refractivity contribution in [1.29, 1.82) is 0 Å². The molecule has 0 aliphatic rings. The summed E-state index contributed by atoms with van der Waals surface area (Å²) in [5.41, 5.74) is 4.24. The highest BCUT2D eigenvalue weighted by Crippen LogP contribution is 2.27. The highest BCUT2D eigenvalue weighted by atomic mass is 32.1. The second kappa shape index (κ2) is 8.35. The van der Waals surface area contributed by atoms with E-state index in [9.17, 15) is 4.79 Å². The molecule has 0 bridgehead atoms. The van der Waals surface area contributed by atoms with E-state index in [1.54, 1.807) is 18.3 Å². The molecule has 0 aliphatic carbocycles. The predicted octanol–water partition coefficient (Wildman–Crippen LogP) is 4.82. The second-order valence-corrected chi connectivity index (χ2v) is 7.65. The molecule has 5 heteroatoms. The molecule has 1 unspecified atom stereocenters. The van der Waals surface area contributed by atoms with Crippen LogP contribution in [0, 0.1) is 20.8 Å². The molecule has 0 saturated heterocycles. The molecule has 3 aromatic rings. The zero-order valence-electron chi connectivity index (χ0n) is 16.1. The summed E-state index contributed by atoms with van der Waals surface area (Å²) in [6.45, 7) is 8.23. The first-order valence-corrected chi connectivity index (χ1v) is 9.79. The molecule has 0 aliphatic heterocycles. The number of nitrogens with zero attached hydrogens (tertiary/aromatic N) is 1. The Labute approximate surface area is 164 Å². The van der Waals surface area contributed by atoms with Crippen LogP contribution in [0.25, 0.3) is 10.6 Å². The van der Waals surface area contributed by atoms with E-state index < -0.39 is 6.10 Å². The first kappa shape index (κ1) is 19.1. The van der Waals surface area contributed by atoms with E-state index in [-0.39, 0.29) is 5.91 Å². The Kier molecular flexibility index (Phi) is 5.91. The molecule has 1 aromatic heterocycles. The smallest absolute Gasteiger partial charge is 0.261 e. The molecule has 3 rings (SSSR count). The van der Waals surface area contributed by atoms with Gasteiger partial charge in [0.05, 0.1) is 12.2 Å². The lowest BCUT2D eigenvalue weighted by molar-refractivity contribution is -0.127. The molecular weight excluding hydrogens is 356 g/mol. The number of aryl methyl sites for hydroxylation is 2. The Bertz CT molecular complexity index is 935. The lowest BCUT2D eigenvalue weighted by Gasteiger charge is -2.17. The third-order valence-corrected chi connectivity index (χ3v) is 5.77. The van der Waals surface area contributed by atoms with Gasteiger partial charge in [0, 0.05) is 10.4 Å². The Morgan fingerprint density at radius 3 is 2.59 bits per heavy atom. The van der Waals surface area contributed by atoms with E-state index in [0.717, 1.165) is 38.0 Å². The SMILES string of the molecule is Cc1cccc(OC(C)C(=O)NCc2sc(-c3ccccc3)nc2C)c1C. The van der Waals surface area contributed by atoms with Gasteiger partial charge >= 0.3 is 0 Å². The van der Waals surface area contributed by atoms with Gasteiger partial charge in [-0.1, -0.05) is 42.5 Å². The molecule has 0 saturated carbocycles. The van der Waals surface area contributed by atoms with Crippen LogP contribution < -0.4 is 10.1 Å². The van der Waals surface area contributed by atoms with Gasteiger partial charge in [0.1, 0.15) is 10.8 Å². The van der Waals surface area contributed by atoms with Gasteiger partial charge in [-0.15, -0.1) is 11.3 Å². The van der Waals surface area contributed by atoms with Crippen molar-refractivity contribution in [2.24, 2.45) is 0 Å². The summed E-state index contributed by atoms with van der Waals surface area (Å²) in [5.74, 6) is 0.614. The van der Waals surface area contributed by atoms with Crippen LogP contribution in [0.5, 0.6) is 5.75 Å². The molecule has 27 heavy (non-hydrogen) atoms. The van der Waals surface area contributed by atoms with Crippen LogP contribution in [0.1, 0.15) is 28.6 Å². The molecule has 2 aromatic carbocycles. The number of carbonyl (C=O) groups excluding carboxylic acids is 1. The monoisotopic (exact) mass is 380 g/mol. The van der Waals surface area contributed by atoms with E-state index in [0.29, 0.717) is 6.54 Å². The Morgan fingerprint density at radius 1 is 1.11 bits per heavy atom. The van der Waals surface area contributed by atoms with Crippen LogP contribution in [0.3, 0.4) is 0 Å². The quantitative estimate of drug-likeness (QED) is 0.667. The number of rotatable bonds is 6. The van der Waals surface area contributed by atoms with Crippen LogP contribution in [0.4, 0.5) is 0 Å². The zero-order chi connectivity index (χ0) is 19.4. The molecular formula is C22H24N2O2S. The zero-order valence-corrected chi connectivity index (χ0v) is 16.9. The van der Waals surface area contributed by atoms with Gasteiger partial charge < -0.3 is 10.1 Å². The highest BCUT2D eigenvalue weighted by molar-refractivity contribution is 7.15. The van der Waals surface area contributed by atoms with Gasteiger partial charge in [-0.2, -0.15) is 0 Å². The summed E-state index contributed by atoms with van der Waals surface area (Å²) in [5, 5.41) is 3.93. The Balaban J connectivity index is 1.62. The molecule has 0 fully saturated rings. The van der Waals surface area contributed by atoms with Crippen molar-refractivity contribution >= 4 is 17.2 Å². The van der Waals surface area contributed by atoms with Gasteiger partial charge in [-0.25, -0.2) is 4.98 Å². The molecule has 0 radical (unpaired) electrons. The van der Waals surface area contributed by atoms with Crippen molar-refractivity contribution in [3.63, 3.8) is 0 Å². The fourth-order valence-corrected chi connectivity index (χ4v) is 3.71. The molecule has 1 atom stereocenters. The van der Waals surface area contributed by atoms with E-state index in [1.165, 1.54) is 0 Å². The topological polar surface area (TPSA) is 51.2 Å². The van der Waals surface area contributed by atoms with Gasteiger partial charge in [0.2, 0.25) is 0 Å². The van der Waals surface area contributed by atoms with Crippen LogP contribution in [0.2, 0.25) is 0 Å². The second-order valence-electron chi connectivity index (χ2n) is 6.57. The highest BCUT2D eigenvalue weighted by Gasteiger charge is 2.17. The van der Waals surface area contributed by atoms with Gasteiger partial charge in [-0.05, 0) is 44.9 Å². The van der Waals surface area contributed by atoms with E-state index in [4.69, 9.17) is 4.74 Å². The molecule has 140 valence electrons. The average molecular weight is 381 g/mol. The molecule has 1 N–H and O–H groups in total. The summed E-state index contributed by atoms with van der Waals surface area (Å²) in [4.78, 5) is 18.1. The number of hydrogen-bond acceptors (Lipinski definition) is 4. The largest absolute Gasteiger partial charge is 0.481 e. The molecule has 4 nitrogen and oxygen atoms in total. The van der Waals surface area contributed by atoms with Crippen LogP contribution in [-0.2, 0) is 11.3 Å². The van der Waals surface area contributed by atoms with Crippen LogP contribution in [-0.4, -0.2) is 17.0 Å². The maximum Gasteiger partial charge on any atom is 0.261 e. The maximum absolute atomic E-state index is 12.5. The van der Waals surface area contributed by atoms with Crippen molar-refractivity contribution in [3.05, 3.63) is 70.2 Å². The summed E-state index contributed by atoms with van der Waals surface area (Å²) in [7, 11) is 0. The first-order valence-electron chi connectivity index (χ1n) is 8.98. The summed E-state index contributed by atoms with van der Waals surface area (Å²) in [6, 6.07) is 15.9. The fraction of sp³-hybridized carbons (Fsp3) is 0.273. The van der Waals surface area contributed by atoms with Gasteiger partial charge in [0.25, 0.3) is 5.91 Å². The minimum atomic E-state index is -0.563. The minimum absolute atomic E-state index is 0.134. The van der Waals surface area contributed by atoms with Crippen LogP contribution in [0.15, 0.2) is 48.5 Å². The number of nitrogens with one attached hydrogen (secondary N) is 1. The standard InChI is InChI=1S/C22H24N2O2S/c1-14-9-8-12-19(15(14)2)26-17(4)21(25)23-13-20-16(3)24-22(27-20)18-10-6-5-7-11-18/h5-12,17H,13H2,1-4H3,(H,23,25). The molecule has 1 heterocycles. The average Bonchev–Trinajstić information content (AvgIpc) is 3.05. The summed E-state index contributed by atoms with van der Waals surface area (Å²) in [6.07, 6.45) is -0.563. The Morgan fingerprint density at radius 2 is 1.85 bits per heavy atom.